The number of unbranched alkanes of at least 4 members (excludes halogenated alkanes) is 8. The zero-order valence-electron chi connectivity index (χ0n) is 11.7. The van der Waals surface area contributed by atoms with Crippen LogP contribution in [0.3, 0.4) is 0 Å². The SMILES string of the molecule is CCCCCCCCCCCC(=O)OCC(Cl)(Cl)Cl. The van der Waals surface area contributed by atoms with Crippen molar-refractivity contribution in [2.45, 2.75) is 74.9 Å². The van der Waals surface area contributed by atoms with E-state index in [1.165, 1.54) is 44.9 Å². The number of hydrogen-bond acceptors (Lipinski definition) is 2. The maximum atomic E-state index is 11.3. The summed E-state index contributed by atoms with van der Waals surface area (Å²) in [7, 11) is 0. The van der Waals surface area contributed by atoms with E-state index in [9.17, 15) is 4.79 Å². The zero-order valence-corrected chi connectivity index (χ0v) is 14.0. The Morgan fingerprint density at radius 1 is 0.895 bits per heavy atom. The molecule has 5 heteroatoms. The van der Waals surface area contributed by atoms with Gasteiger partial charge < -0.3 is 4.74 Å². The van der Waals surface area contributed by atoms with E-state index in [1.54, 1.807) is 0 Å². The van der Waals surface area contributed by atoms with E-state index in [-0.39, 0.29) is 12.6 Å². The van der Waals surface area contributed by atoms with Crippen LogP contribution in [-0.2, 0) is 9.53 Å². The summed E-state index contributed by atoms with van der Waals surface area (Å²) in [5.41, 5.74) is 0. The highest BCUT2D eigenvalue weighted by atomic mass is 35.6. The summed E-state index contributed by atoms with van der Waals surface area (Å²) in [5.74, 6) is -0.283. The predicted octanol–water partition coefficient (Wildman–Crippen LogP) is 5.82. The highest BCUT2D eigenvalue weighted by Crippen LogP contribution is 2.26. The Balaban J connectivity index is 3.23. The summed E-state index contributed by atoms with van der Waals surface area (Å²) >= 11 is 16.5. The monoisotopic (exact) mass is 330 g/mol. The number of carbonyl (C=O) groups excluding carboxylic acids is 1. The van der Waals surface area contributed by atoms with Crippen molar-refractivity contribution in [2.75, 3.05) is 6.61 Å². The molecule has 0 aliphatic heterocycles. The zero-order chi connectivity index (χ0) is 14.6. The number of alkyl halides is 3. The van der Waals surface area contributed by atoms with Gasteiger partial charge in [-0.3, -0.25) is 4.79 Å². The van der Waals surface area contributed by atoms with E-state index < -0.39 is 3.79 Å². The molecular weight excluding hydrogens is 307 g/mol. The summed E-state index contributed by atoms with van der Waals surface area (Å²) in [6.45, 7) is 2.05. The van der Waals surface area contributed by atoms with Crippen molar-refractivity contribution < 1.29 is 9.53 Å². The van der Waals surface area contributed by atoms with Crippen molar-refractivity contribution in [3.05, 3.63) is 0 Å². The molecule has 0 saturated heterocycles. The van der Waals surface area contributed by atoms with Crippen LogP contribution in [0.1, 0.15) is 71.1 Å². The first-order valence-corrected chi connectivity index (χ1v) is 8.31. The maximum Gasteiger partial charge on any atom is 0.305 e. The molecule has 0 saturated carbocycles. The molecule has 0 aromatic carbocycles. The Labute approximate surface area is 132 Å². The molecule has 0 amide bonds. The van der Waals surface area contributed by atoms with E-state index in [4.69, 9.17) is 39.5 Å². The van der Waals surface area contributed by atoms with Gasteiger partial charge in [-0.15, -0.1) is 0 Å². The molecule has 0 radical (unpaired) electrons. The topological polar surface area (TPSA) is 26.3 Å². The van der Waals surface area contributed by atoms with Crippen molar-refractivity contribution in [1.82, 2.24) is 0 Å². The maximum absolute atomic E-state index is 11.3. The Morgan fingerprint density at radius 3 is 1.84 bits per heavy atom. The molecule has 0 fully saturated rings. The van der Waals surface area contributed by atoms with Gasteiger partial charge in [0.1, 0.15) is 6.61 Å². The number of rotatable bonds is 11. The standard InChI is InChI=1S/C14H25Cl3O2/c1-2-3-4-5-6-7-8-9-10-11-13(18)19-12-14(15,16)17/h2-12H2,1H3. The molecule has 0 rings (SSSR count). The van der Waals surface area contributed by atoms with Gasteiger partial charge in [-0.2, -0.15) is 0 Å². The Bertz CT molecular complexity index is 227. The molecule has 0 aromatic heterocycles. The molecule has 0 bridgehead atoms. The molecule has 0 aliphatic rings. The molecule has 0 atom stereocenters. The van der Waals surface area contributed by atoms with Crippen molar-refractivity contribution in [3.63, 3.8) is 0 Å². The quantitative estimate of drug-likeness (QED) is 0.271. The van der Waals surface area contributed by atoms with Crippen molar-refractivity contribution >= 4 is 40.8 Å². The third-order valence-corrected chi connectivity index (χ3v) is 3.21. The lowest BCUT2D eigenvalue weighted by Crippen LogP contribution is -2.17. The first kappa shape index (κ1) is 19.3. The third-order valence-electron chi connectivity index (χ3n) is 2.88. The van der Waals surface area contributed by atoms with Crippen LogP contribution in [0.25, 0.3) is 0 Å². The summed E-state index contributed by atoms with van der Waals surface area (Å²) in [6.07, 6.45) is 11.4. The summed E-state index contributed by atoms with van der Waals surface area (Å²) in [5, 5.41) is 0. The smallest absolute Gasteiger partial charge is 0.305 e. The number of ether oxygens (including phenoxy) is 1. The van der Waals surface area contributed by atoms with Crippen LogP contribution < -0.4 is 0 Å². The van der Waals surface area contributed by atoms with Gasteiger partial charge in [0, 0.05) is 6.42 Å². The summed E-state index contributed by atoms with van der Waals surface area (Å²) in [6, 6.07) is 0. The minimum absolute atomic E-state index is 0.173. The Hall–Kier alpha value is 0.340. The lowest BCUT2D eigenvalue weighted by molar-refractivity contribution is -0.143. The van der Waals surface area contributed by atoms with Crippen molar-refractivity contribution in [1.29, 1.82) is 0 Å². The van der Waals surface area contributed by atoms with Crippen LogP contribution in [0.5, 0.6) is 0 Å². The van der Waals surface area contributed by atoms with E-state index in [2.05, 4.69) is 6.92 Å². The average molecular weight is 332 g/mol. The number of carbonyl (C=O) groups is 1. The van der Waals surface area contributed by atoms with E-state index >= 15 is 0 Å². The fourth-order valence-corrected chi connectivity index (χ4v) is 1.98. The molecule has 0 unspecified atom stereocenters. The number of halogens is 3. The van der Waals surface area contributed by atoms with E-state index in [0.717, 1.165) is 12.8 Å². The van der Waals surface area contributed by atoms with Crippen molar-refractivity contribution in [2.24, 2.45) is 0 Å². The molecule has 114 valence electrons. The third kappa shape index (κ3) is 16.3. The molecule has 0 spiro atoms. The van der Waals surface area contributed by atoms with Gasteiger partial charge in [-0.1, -0.05) is 93.1 Å². The Morgan fingerprint density at radius 2 is 1.37 bits per heavy atom. The minimum Gasteiger partial charge on any atom is -0.461 e. The van der Waals surface area contributed by atoms with Crippen LogP contribution in [0.4, 0.5) is 0 Å². The second-order valence-electron chi connectivity index (χ2n) is 4.85. The van der Waals surface area contributed by atoms with Crippen LogP contribution >= 0.6 is 34.8 Å². The minimum atomic E-state index is -1.51. The van der Waals surface area contributed by atoms with E-state index in [0.29, 0.717) is 6.42 Å². The molecular formula is C14H25Cl3O2. The second-order valence-corrected chi connectivity index (χ2v) is 7.37. The largest absolute Gasteiger partial charge is 0.461 e. The fraction of sp³-hybridized carbons (Fsp3) is 0.929. The van der Waals surface area contributed by atoms with Gasteiger partial charge in [0.2, 0.25) is 3.79 Å². The van der Waals surface area contributed by atoms with Crippen LogP contribution in [0.2, 0.25) is 0 Å². The lowest BCUT2D eigenvalue weighted by atomic mass is 10.1. The van der Waals surface area contributed by atoms with E-state index in [1.807, 2.05) is 0 Å². The second kappa shape index (κ2) is 12.1. The normalized spacial score (nSPS) is 11.6. The average Bonchev–Trinajstić information content (AvgIpc) is 2.33. The molecule has 19 heavy (non-hydrogen) atoms. The Kier molecular flexibility index (Phi) is 12.3. The predicted molar refractivity (Wildman–Crippen MR) is 83.1 cm³/mol. The van der Waals surface area contributed by atoms with Crippen LogP contribution in [0.15, 0.2) is 0 Å². The van der Waals surface area contributed by atoms with Gasteiger partial charge in [0.05, 0.1) is 0 Å². The number of esters is 1. The molecule has 0 aromatic rings. The van der Waals surface area contributed by atoms with Gasteiger partial charge in [-0.05, 0) is 6.42 Å². The fourth-order valence-electron chi connectivity index (χ4n) is 1.81. The highest BCUT2D eigenvalue weighted by Gasteiger charge is 2.21. The highest BCUT2D eigenvalue weighted by molar-refractivity contribution is 6.67. The van der Waals surface area contributed by atoms with Gasteiger partial charge >= 0.3 is 5.97 Å². The lowest BCUT2D eigenvalue weighted by Gasteiger charge is -2.11. The van der Waals surface area contributed by atoms with Crippen LogP contribution in [-0.4, -0.2) is 16.4 Å². The first-order valence-electron chi connectivity index (χ1n) is 7.18. The van der Waals surface area contributed by atoms with Gasteiger partial charge in [-0.25, -0.2) is 0 Å². The van der Waals surface area contributed by atoms with Gasteiger partial charge in [0.15, 0.2) is 0 Å². The summed E-state index contributed by atoms with van der Waals surface area (Å²) < 4.78 is 3.34. The molecule has 2 nitrogen and oxygen atoms in total. The molecule has 0 N–H and O–H groups in total. The van der Waals surface area contributed by atoms with Crippen molar-refractivity contribution in [3.8, 4) is 0 Å². The van der Waals surface area contributed by atoms with Gasteiger partial charge in [0.25, 0.3) is 0 Å². The first-order chi connectivity index (χ1) is 8.95. The van der Waals surface area contributed by atoms with Crippen LogP contribution in [0, 0.1) is 0 Å². The number of hydrogen-bond donors (Lipinski definition) is 0. The summed E-state index contributed by atoms with van der Waals surface area (Å²) in [4.78, 5) is 11.3. The molecule has 0 heterocycles. The molecule has 0 aliphatic carbocycles.